The van der Waals surface area contributed by atoms with E-state index < -0.39 is 17.6 Å². The molecule has 8 heteroatoms. The van der Waals surface area contributed by atoms with Gasteiger partial charge in [-0.15, -0.1) is 0 Å². The first-order valence-corrected chi connectivity index (χ1v) is 8.99. The maximum absolute atomic E-state index is 13.1. The topological polar surface area (TPSA) is 41.6 Å². The van der Waals surface area contributed by atoms with E-state index in [1.807, 2.05) is 4.90 Å². The van der Waals surface area contributed by atoms with E-state index in [9.17, 15) is 18.0 Å². The zero-order valence-electron chi connectivity index (χ0n) is 14.8. The summed E-state index contributed by atoms with van der Waals surface area (Å²) >= 11 is 5.82. The minimum Gasteiger partial charge on any atom is -0.378 e. The molecule has 0 bridgehead atoms. The molecule has 0 unspecified atom stereocenters. The van der Waals surface area contributed by atoms with Gasteiger partial charge < -0.3 is 15.0 Å². The first-order valence-electron chi connectivity index (χ1n) is 8.61. The molecular weight excluding hydrogens is 393 g/mol. The van der Waals surface area contributed by atoms with Crippen LogP contribution in [0.25, 0.3) is 6.08 Å². The molecule has 0 aromatic heterocycles. The molecule has 0 atom stereocenters. The van der Waals surface area contributed by atoms with Crippen LogP contribution in [0.4, 0.5) is 24.5 Å². The molecule has 4 nitrogen and oxygen atoms in total. The third kappa shape index (κ3) is 5.27. The van der Waals surface area contributed by atoms with Crippen LogP contribution in [0.3, 0.4) is 0 Å². The van der Waals surface area contributed by atoms with E-state index in [-0.39, 0.29) is 5.69 Å². The van der Waals surface area contributed by atoms with E-state index in [2.05, 4.69) is 5.32 Å². The Morgan fingerprint density at radius 3 is 2.43 bits per heavy atom. The second kappa shape index (κ2) is 8.67. The zero-order valence-corrected chi connectivity index (χ0v) is 15.6. The van der Waals surface area contributed by atoms with Gasteiger partial charge in [0.05, 0.1) is 30.2 Å². The Morgan fingerprint density at radius 1 is 1.11 bits per heavy atom. The molecule has 0 radical (unpaired) electrons. The Bertz CT molecular complexity index is 861. The fraction of sp³-hybridized carbons (Fsp3) is 0.250. The predicted octanol–water partition coefficient (Wildman–Crippen LogP) is 4.85. The molecule has 1 saturated heterocycles. The smallest absolute Gasteiger partial charge is 0.378 e. The molecule has 0 saturated carbocycles. The summed E-state index contributed by atoms with van der Waals surface area (Å²) in [5.74, 6) is -0.524. The fourth-order valence-electron chi connectivity index (χ4n) is 2.81. The van der Waals surface area contributed by atoms with Gasteiger partial charge in [-0.05, 0) is 42.0 Å². The van der Waals surface area contributed by atoms with E-state index in [4.69, 9.17) is 16.3 Å². The molecule has 1 heterocycles. The lowest BCUT2D eigenvalue weighted by Crippen LogP contribution is -2.36. The van der Waals surface area contributed by atoms with E-state index in [0.717, 1.165) is 17.7 Å². The van der Waals surface area contributed by atoms with E-state index >= 15 is 0 Å². The summed E-state index contributed by atoms with van der Waals surface area (Å²) in [6.45, 7) is 2.03. The van der Waals surface area contributed by atoms with Crippen LogP contribution < -0.4 is 10.2 Å². The number of nitrogens with one attached hydrogen (secondary N) is 1. The number of carbonyl (C=O) groups is 1. The lowest BCUT2D eigenvalue weighted by atomic mass is 10.1. The third-order valence-electron chi connectivity index (χ3n) is 4.23. The van der Waals surface area contributed by atoms with Gasteiger partial charge in [0.15, 0.2) is 0 Å². The van der Waals surface area contributed by atoms with Crippen LogP contribution in [-0.4, -0.2) is 32.2 Å². The highest BCUT2D eigenvalue weighted by Crippen LogP contribution is 2.35. The molecule has 0 spiro atoms. The minimum absolute atomic E-state index is 0.113. The number of hydrogen-bond acceptors (Lipinski definition) is 3. The average molecular weight is 411 g/mol. The van der Waals surface area contributed by atoms with Crippen LogP contribution in [0.15, 0.2) is 48.5 Å². The molecule has 0 aliphatic carbocycles. The van der Waals surface area contributed by atoms with Crippen molar-refractivity contribution in [1.29, 1.82) is 0 Å². The van der Waals surface area contributed by atoms with Gasteiger partial charge in [-0.3, -0.25) is 4.79 Å². The van der Waals surface area contributed by atoms with Crippen molar-refractivity contribution in [1.82, 2.24) is 0 Å². The van der Waals surface area contributed by atoms with Gasteiger partial charge in [0.25, 0.3) is 0 Å². The quantitative estimate of drug-likeness (QED) is 0.733. The molecule has 2 aromatic carbocycles. The van der Waals surface area contributed by atoms with E-state index in [1.54, 1.807) is 30.3 Å². The SMILES string of the molecule is O=C(/C=C/c1ccc(Cl)cc1)Nc1cc(C(F)(F)F)ccc1N1CCOCC1. The summed E-state index contributed by atoms with van der Waals surface area (Å²) in [7, 11) is 0. The van der Waals surface area contributed by atoms with Crippen molar-refractivity contribution in [3.05, 3.63) is 64.7 Å². The van der Waals surface area contributed by atoms with Crippen molar-refractivity contribution in [3.63, 3.8) is 0 Å². The number of anilines is 2. The van der Waals surface area contributed by atoms with Gasteiger partial charge in [-0.1, -0.05) is 23.7 Å². The van der Waals surface area contributed by atoms with Gasteiger partial charge in [0.1, 0.15) is 0 Å². The Kier molecular flexibility index (Phi) is 6.26. The van der Waals surface area contributed by atoms with E-state index in [0.29, 0.717) is 37.0 Å². The Morgan fingerprint density at radius 2 is 1.79 bits per heavy atom. The van der Waals surface area contributed by atoms with Gasteiger partial charge in [-0.25, -0.2) is 0 Å². The van der Waals surface area contributed by atoms with Crippen molar-refractivity contribution in [2.24, 2.45) is 0 Å². The largest absolute Gasteiger partial charge is 0.416 e. The zero-order chi connectivity index (χ0) is 20.1. The highest BCUT2D eigenvalue weighted by Gasteiger charge is 2.31. The minimum atomic E-state index is -4.50. The highest BCUT2D eigenvalue weighted by atomic mass is 35.5. The summed E-state index contributed by atoms with van der Waals surface area (Å²) < 4.78 is 44.6. The number of morpholine rings is 1. The summed E-state index contributed by atoms with van der Waals surface area (Å²) in [5, 5.41) is 3.14. The molecule has 3 rings (SSSR count). The Balaban J connectivity index is 1.82. The van der Waals surface area contributed by atoms with Gasteiger partial charge in [0, 0.05) is 24.2 Å². The third-order valence-corrected chi connectivity index (χ3v) is 4.48. The van der Waals surface area contributed by atoms with Gasteiger partial charge in [-0.2, -0.15) is 13.2 Å². The second-order valence-electron chi connectivity index (χ2n) is 6.20. The highest BCUT2D eigenvalue weighted by molar-refractivity contribution is 6.30. The van der Waals surface area contributed by atoms with Crippen LogP contribution >= 0.6 is 11.6 Å². The molecule has 1 amide bonds. The molecule has 2 aromatic rings. The van der Waals surface area contributed by atoms with Crippen LogP contribution in [0.1, 0.15) is 11.1 Å². The molecule has 148 valence electrons. The number of hydrogen-bond donors (Lipinski definition) is 1. The van der Waals surface area contributed by atoms with Gasteiger partial charge in [0.2, 0.25) is 5.91 Å². The van der Waals surface area contributed by atoms with Crippen molar-refractivity contribution < 1.29 is 22.7 Å². The number of ether oxygens (including phenoxy) is 1. The molecule has 1 aliphatic heterocycles. The van der Waals surface area contributed by atoms with Crippen LogP contribution in [0.2, 0.25) is 5.02 Å². The van der Waals surface area contributed by atoms with Crippen LogP contribution in [-0.2, 0) is 15.7 Å². The molecule has 1 fully saturated rings. The lowest BCUT2D eigenvalue weighted by Gasteiger charge is -2.30. The average Bonchev–Trinajstić information content (AvgIpc) is 2.67. The summed E-state index contributed by atoms with van der Waals surface area (Å²) in [5.41, 5.74) is 0.575. The molecule has 1 aliphatic rings. The number of amides is 1. The number of rotatable bonds is 4. The summed E-state index contributed by atoms with van der Waals surface area (Å²) in [6.07, 6.45) is -1.66. The number of alkyl halides is 3. The first kappa shape index (κ1) is 20.2. The maximum atomic E-state index is 13.1. The first-order chi connectivity index (χ1) is 13.3. The second-order valence-corrected chi connectivity index (χ2v) is 6.64. The Hall–Kier alpha value is -2.51. The van der Waals surface area contributed by atoms with Crippen LogP contribution in [0, 0.1) is 0 Å². The van der Waals surface area contributed by atoms with Crippen molar-refractivity contribution in [3.8, 4) is 0 Å². The van der Waals surface area contributed by atoms with Crippen molar-refractivity contribution >= 4 is 35.0 Å². The number of carbonyl (C=O) groups excluding carboxylic acids is 1. The monoisotopic (exact) mass is 410 g/mol. The van der Waals surface area contributed by atoms with E-state index in [1.165, 1.54) is 12.1 Å². The normalized spacial score (nSPS) is 15.1. The van der Waals surface area contributed by atoms with Crippen LogP contribution in [0.5, 0.6) is 0 Å². The standard InChI is InChI=1S/C20H18ClF3N2O2/c21-16-5-1-14(2-6-16)3-8-19(27)25-17-13-15(20(22,23)24)4-7-18(17)26-9-11-28-12-10-26/h1-8,13H,9-12H2,(H,25,27)/b8-3+. The predicted molar refractivity (Wildman–Crippen MR) is 104 cm³/mol. The Labute approximate surface area is 165 Å². The maximum Gasteiger partial charge on any atom is 0.416 e. The lowest BCUT2D eigenvalue weighted by molar-refractivity contribution is -0.137. The fourth-order valence-corrected chi connectivity index (χ4v) is 2.94. The molecule has 28 heavy (non-hydrogen) atoms. The number of nitrogens with zero attached hydrogens (tertiary/aromatic N) is 1. The molecular formula is C20H18ClF3N2O2. The molecule has 1 N–H and O–H groups in total. The van der Waals surface area contributed by atoms with Gasteiger partial charge >= 0.3 is 6.18 Å². The summed E-state index contributed by atoms with van der Waals surface area (Å²) in [6, 6.07) is 10.2. The van der Waals surface area contributed by atoms with Crippen molar-refractivity contribution in [2.75, 3.05) is 36.5 Å². The van der Waals surface area contributed by atoms with Crippen molar-refractivity contribution in [2.45, 2.75) is 6.18 Å². The number of benzene rings is 2. The number of halogens is 4. The summed E-state index contributed by atoms with van der Waals surface area (Å²) in [4.78, 5) is 14.2.